The monoisotopic (exact) mass is 175 g/mol. The van der Waals surface area contributed by atoms with Gasteiger partial charge < -0.3 is 4.57 Å². The van der Waals surface area contributed by atoms with Crippen molar-refractivity contribution in [1.82, 2.24) is 9.55 Å². The summed E-state index contributed by atoms with van der Waals surface area (Å²) in [6.45, 7) is 0. The third kappa shape index (κ3) is 0.962. The summed E-state index contributed by atoms with van der Waals surface area (Å²) in [5, 5.41) is 8.86. The molecule has 5 heteroatoms. The van der Waals surface area contributed by atoms with Crippen LogP contribution in [0.25, 0.3) is 0 Å². The quantitative estimate of drug-likeness (QED) is 0.602. The van der Waals surface area contributed by atoms with Crippen LogP contribution in [-0.2, 0) is 7.05 Å². The number of nitriles is 1. The molecule has 52 valence electrons. The summed E-state index contributed by atoms with van der Waals surface area (Å²) < 4.78 is 1.42. The molecule has 0 radical (unpaired) electrons. The molecule has 0 N–H and O–H groups in total. The van der Waals surface area contributed by atoms with Crippen LogP contribution in [0.5, 0.6) is 0 Å². The maximum Gasteiger partial charge on any atom is 0.215 e. The van der Waals surface area contributed by atoms with E-state index in [1.165, 1.54) is 4.57 Å². The standard InChI is InChI=1S/C5H3Cl2N3/c1-10-3(2-8)9-4(6)5(10)7/h1H3. The summed E-state index contributed by atoms with van der Waals surface area (Å²) in [4.78, 5) is 3.66. The fourth-order valence-electron chi connectivity index (χ4n) is 0.545. The van der Waals surface area contributed by atoms with Crippen LogP contribution in [0.15, 0.2) is 0 Å². The van der Waals surface area contributed by atoms with Crippen molar-refractivity contribution < 1.29 is 0 Å². The van der Waals surface area contributed by atoms with Gasteiger partial charge in [-0.3, -0.25) is 0 Å². The lowest BCUT2D eigenvalue weighted by molar-refractivity contribution is 0.890. The highest BCUT2D eigenvalue weighted by molar-refractivity contribution is 6.40. The normalized spacial score (nSPS) is 9.40. The minimum absolute atomic E-state index is 0.167. The second kappa shape index (κ2) is 2.49. The van der Waals surface area contributed by atoms with Crippen LogP contribution in [-0.4, -0.2) is 9.55 Å². The van der Waals surface area contributed by atoms with E-state index >= 15 is 0 Å². The molecule has 0 aliphatic heterocycles. The van der Waals surface area contributed by atoms with Gasteiger partial charge in [0.05, 0.1) is 0 Å². The molecule has 1 rings (SSSR count). The van der Waals surface area contributed by atoms with Gasteiger partial charge in [-0.25, -0.2) is 4.98 Å². The van der Waals surface area contributed by atoms with Crippen LogP contribution >= 0.6 is 23.2 Å². The van der Waals surface area contributed by atoms with Gasteiger partial charge in [-0.05, 0) is 0 Å². The van der Waals surface area contributed by atoms with Gasteiger partial charge in [0.1, 0.15) is 11.2 Å². The third-order valence-corrected chi connectivity index (χ3v) is 1.88. The van der Waals surface area contributed by atoms with Crippen molar-refractivity contribution in [3.05, 3.63) is 16.1 Å². The Morgan fingerprint density at radius 1 is 1.60 bits per heavy atom. The lowest BCUT2D eigenvalue weighted by atomic mass is 10.7. The Hall–Kier alpha value is -0.720. The summed E-state index contributed by atoms with van der Waals surface area (Å²) in [7, 11) is 1.62. The molecule has 0 aliphatic carbocycles. The first kappa shape index (κ1) is 7.39. The number of hydrogen-bond donors (Lipinski definition) is 0. The maximum absolute atomic E-state index is 8.41. The van der Waals surface area contributed by atoms with Crippen molar-refractivity contribution in [3.8, 4) is 6.07 Å². The maximum atomic E-state index is 8.41. The molecule has 0 bridgehead atoms. The summed E-state index contributed by atoms with van der Waals surface area (Å²) >= 11 is 11.1. The molecule has 0 atom stereocenters. The van der Waals surface area contributed by atoms with Crippen LogP contribution in [0.4, 0.5) is 0 Å². The lowest BCUT2D eigenvalue weighted by Gasteiger charge is -1.90. The molecule has 0 saturated carbocycles. The van der Waals surface area contributed by atoms with E-state index in [1.807, 2.05) is 6.07 Å². The van der Waals surface area contributed by atoms with Crippen molar-refractivity contribution in [2.45, 2.75) is 0 Å². The first-order chi connectivity index (χ1) is 4.66. The number of hydrogen-bond acceptors (Lipinski definition) is 2. The van der Waals surface area contributed by atoms with Gasteiger partial charge in [0.2, 0.25) is 5.82 Å². The second-order valence-corrected chi connectivity index (χ2v) is 2.40. The van der Waals surface area contributed by atoms with Crippen LogP contribution in [0.2, 0.25) is 10.3 Å². The van der Waals surface area contributed by atoms with E-state index in [0.29, 0.717) is 5.15 Å². The Labute approximate surface area is 67.8 Å². The average molecular weight is 176 g/mol. The highest BCUT2D eigenvalue weighted by Gasteiger charge is 2.08. The number of aromatic nitrogens is 2. The van der Waals surface area contributed by atoms with Crippen LogP contribution in [0, 0.1) is 11.3 Å². The zero-order chi connectivity index (χ0) is 7.72. The lowest BCUT2D eigenvalue weighted by Crippen LogP contribution is -1.91. The minimum Gasteiger partial charge on any atom is -0.308 e. The van der Waals surface area contributed by atoms with Gasteiger partial charge in [0.15, 0.2) is 5.15 Å². The molecule has 0 aliphatic rings. The highest BCUT2D eigenvalue weighted by atomic mass is 35.5. The summed E-state index contributed by atoms with van der Waals surface area (Å²) in [6, 6.07) is 1.84. The van der Waals surface area contributed by atoms with Gasteiger partial charge in [0, 0.05) is 7.05 Å². The molecule has 3 nitrogen and oxygen atoms in total. The Bertz CT molecular complexity index is 297. The summed E-state index contributed by atoms with van der Waals surface area (Å²) in [6.07, 6.45) is 0. The predicted octanol–water partition coefficient (Wildman–Crippen LogP) is 1.60. The van der Waals surface area contributed by atoms with Crippen LogP contribution in [0.1, 0.15) is 5.82 Å². The van der Waals surface area contributed by atoms with Gasteiger partial charge in [-0.2, -0.15) is 5.26 Å². The van der Waals surface area contributed by atoms with Crippen molar-refractivity contribution >= 4 is 23.2 Å². The summed E-state index contributed by atoms with van der Waals surface area (Å²) in [5.74, 6) is 0.218. The van der Waals surface area contributed by atoms with E-state index in [9.17, 15) is 0 Å². The molecule has 0 fully saturated rings. The Morgan fingerprint density at radius 2 is 2.20 bits per heavy atom. The molecular weight excluding hydrogens is 173 g/mol. The number of halogens is 2. The molecule has 1 aromatic heterocycles. The molecule has 10 heavy (non-hydrogen) atoms. The Kier molecular flexibility index (Phi) is 1.84. The van der Waals surface area contributed by atoms with E-state index in [4.69, 9.17) is 28.5 Å². The molecular formula is C5H3Cl2N3. The van der Waals surface area contributed by atoms with E-state index in [-0.39, 0.29) is 11.0 Å². The first-order valence-electron chi connectivity index (χ1n) is 2.44. The molecule has 0 amide bonds. The number of rotatable bonds is 0. The first-order valence-corrected chi connectivity index (χ1v) is 3.20. The highest BCUT2D eigenvalue weighted by Crippen LogP contribution is 2.20. The van der Waals surface area contributed by atoms with Gasteiger partial charge in [-0.1, -0.05) is 23.2 Å². The average Bonchev–Trinajstić information content (AvgIpc) is 2.17. The fourth-order valence-corrected chi connectivity index (χ4v) is 0.875. The van der Waals surface area contributed by atoms with Crippen molar-refractivity contribution in [3.63, 3.8) is 0 Å². The van der Waals surface area contributed by atoms with Crippen LogP contribution in [0.3, 0.4) is 0 Å². The molecule has 0 spiro atoms. The smallest absolute Gasteiger partial charge is 0.215 e. The molecule has 0 saturated heterocycles. The Morgan fingerprint density at radius 3 is 2.40 bits per heavy atom. The Balaban J connectivity index is 3.34. The number of imidazole rings is 1. The zero-order valence-electron chi connectivity index (χ0n) is 5.10. The third-order valence-electron chi connectivity index (χ3n) is 1.09. The molecule has 1 aromatic rings. The molecule has 0 unspecified atom stereocenters. The van der Waals surface area contributed by atoms with Crippen molar-refractivity contribution in [2.24, 2.45) is 7.05 Å². The SMILES string of the molecule is Cn1c(C#N)nc(Cl)c1Cl. The minimum atomic E-state index is 0.167. The molecule has 1 heterocycles. The number of nitrogens with zero attached hydrogens (tertiary/aromatic N) is 3. The van der Waals surface area contributed by atoms with Crippen molar-refractivity contribution in [2.75, 3.05) is 0 Å². The van der Waals surface area contributed by atoms with Crippen molar-refractivity contribution in [1.29, 1.82) is 5.26 Å². The van der Waals surface area contributed by atoms with E-state index < -0.39 is 0 Å². The zero-order valence-corrected chi connectivity index (χ0v) is 6.61. The van der Waals surface area contributed by atoms with Gasteiger partial charge in [0.25, 0.3) is 0 Å². The van der Waals surface area contributed by atoms with E-state index in [2.05, 4.69) is 4.98 Å². The largest absolute Gasteiger partial charge is 0.308 e. The van der Waals surface area contributed by atoms with Crippen LogP contribution < -0.4 is 0 Å². The fraction of sp³-hybridized carbons (Fsp3) is 0.200. The second-order valence-electron chi connectivity index (χ2n) is 1.69. The van der Waals surface area contributed by atoms with Gasteiger partial charge in [-0.15, -0.1) is 0 Å². The van der Waals surface area contributed by atoms with E-state index in [0.717, 1.165) is 0 Å². The topological polar surface area (TPSA) is 41.6 Å². The van der Waals surface area contributed by atoms with Gasteiger partial charge >= 0.3 is 0 Å². The summed E-state index contributed by atoms with van der Waals surface area (Å²) in [5.41, 5.74) is 0. The molecule has 0 aromatic carbocycles. The van der Waals surface area contributed by atoms with E-state index in [1.54, 1.807) is 7.05 Å². The predicted molar refractivity (Wildman–Crippen MR) is 37.9 cm³/mol.